The Bertz CT molecular complexity index is 432. The van der Waals surface area contributed by atoms with Crippen molar-refractivity contribution in [2.24, 2.45) is 0 Å². The van der Waals surface area contributed by atoms with E-state index in [0.717, 1.165) is 12.1 Å². The van der Waals surface area contributed by atoms with E-state index in [1.165, 1.54) is 16.8 Å². The molecule has 0 saturated carbocycles. The molecule has 2 nitrogen and oxygen atoms in total. The zero-order valence-corrected chi connectivity index (χ0v) is 9.08. The Kier molecular flexibility index (Phi) is 2.77. The van der Waals surface area contributed by atoms with Crippen LogP contribution in [0.25, 0.3) is 0 Å². The lowest BCUT2D eigenvalue weighted by molar-refractivity contribution is 0.564. The predicted octanol–water partition coefficient (Wildman–Crippen LogP) is 3.51. The second-order valence-electron chi connectivity index (χ2n) is 3.80. The van der Waals surface area contributed by atoms with Crippen LogP contribution < -0.4 is 5.32 Å². The van der Waals surface area contributed by atoms with Gasteiger partial charge in [0.1, 0.15) is 0 Å². The van der Waals surface area contributed by atoms with Gasteiger partial charge >= 0.3 is 0 Å². The lowest BCUT2D eigenvalue weighted by Gasteiger charge is -2.09. The standard InChI is InChI=1S/C13H15NO/c1-10-3-4-11(2)13(7-10)14-8-12-5-6-15-9-12/h3-7,9,14H,8H2,1-2H3. The molecule has 15 heavy (non-hydrogen) atoms. The summed E-state index contributed by atoms with van der Waals surface area (Å²) in [5, 5.41) is 3.40. The minimum atomic E-state index is 0.806. The molecule has 0 aliphatic rings. The van der Waals surface area contributed by atoms with E-state index in [4.69, 9.17) is 4.42 Å². The Morgan fingerprint density at radius 2 is 2.07 bits per heavy atom. The maximum absolute atomic E-state index is 5.02. The van der Waals surface area contributed by atoms with Crippen molar-refractivity contribution in [2.45, 2.75) is 20.4 Å². The quantitative estimate of drug-likeness (QED) is 0.822. The summed E-state index contributed by atoms with van der Waals surface area (Å²) >= 11 is 0. The van der Waals surface area contributed by atoms with Gasteiger partial charge in [0.05, 0.1) is 12.5 Å². The highest BCUT2D eigenvalue weighted by Gasteiger charge is 1.99. The SMILES string of the molecule is Cc1ccc(C)c(NCc2ccoc2)c1. The first-order valence-electron chi connectivity index (χ1n) is 5.08. The van der Waals surface area contributed by atoms with Crippen LogP contribution in [0.4, 0.5) is 5.69 Å². The van der Waals surface area contributed by atoms with E-state index < -0.39 is 0 Å². The van der Waals surface area contributed by atoms with Crippen molar-refractivity contribution in [1.82, 2.24) is 0 Å². The molecule has 0 atom stereocenters. The average molecular weight is 201 g/mol. The van der Waals surface area contributed by atoms with Crippen molar-refractivity contribution in [3.8, 4) is 0 Å². The summed E-state index contributed by atoms with van der Waals surface area (Å²) in [6.45, 7) is 5.01. The number of furan rings is 1. The molecule has 2 heteroatoms. The molecule has 78 valence electrons. The van der Waals surface area contributed by atoms with Gasteiger partial charge < -0.3 is 9.73 Å². The molecule has 1 N–H and O–H groups in total. The number of nitrogens with one attached hydrogen (secondary N) is 1. The maximum atomic E-state index is 5.02. The van der Waals surface area contributed by atoms with Gasteiger partial charge in [0, 0.05) is 17.8 Å². The number of benzene rings is 1. The van der Waals surface area contributed by atoms with Crippen molar-refractivity contribution in [3.63, 3.8) is 0 Å². The van der Waals surface area contributed by atoms with Gasteiger partial charge in [0.25, 0.3) is 0 Å². The molecule has 0 unspecified atom stereocenters. The fourth-order valence-corrected chi connectivity index (χ4v) is 1.52. The summed E-state index contributed by atoms with van der Waals surface area (Å²) in [5.74, 6) is 0. The summed E-state index contributed by atoms with van der Waals surface area (Å²) in [6, 6.07) is 8.39. The van der Waals surface area contributed by atoms with Crippen LogP contribution in [0.5, 0.6) is 0 Å². The van der Waals surface area contributed by atoms with Gasteiger partial charge in [0.15, 0.2) is 0 Å². The van der Waals surface area contributed by atoms with Gasteiger partial charge in [-0.05, 0) is 37.1 Å². The third-order valence-electron chi connectivity index (χ3n) is 2.46. The average Bonchev–Trinajstić information content (AvgIpc) is 2.72. The van der Waals surface area contributed by atoms with Gasteiger partial charge in [-0.25, -0.2) is 0 Å². The van der Waals surface area contributed by atoms with Crippen LogP contribution in [0.2, 0.25) is 0 Å². The molecule has 0 aliphatic heterocycles. The van der Waals surface area contributed by atoms with E-state index >= 15 is 0 Å². The molecule has 2 rings (SSSR count). The van der Waals surface area contributed by atoms with Crippen molar-refractivity contribution in [1.29, 1.82) is 0 Å². The molecule has 0 aliphatic carbocycles. The highest BCUT2D eigenvalue weighted by Crippen LogP contribution is 2.17. The molecule has 0 fully saturated rings. The molecule has 0 bridgehead atoms. The fourth-order valence-electron chi connectivity index (χ4n) is 1.52. The van der Waals surface area contributed by atoms with E-state index in [0.29, 0.717) is 0 Å². The Morgan fingerprint density at radius 3 is 2.80 bits per heavy atom. The second-order valence-corrected chi connectivity index (χ2v) is 3.80. The van der Waals surface area contributed by atoms with Gasteiger partial charge in [-0.3, -0.25) is 0 Å². The summed E-state index contributed by atoms with van der Waals surface area (Å²) in [4.78, 5) is 0. The highest BCUT2D eigenvalue weighted by atomic mass is 16.3. The van der Waals surface area contributed by atoms with E-state index in [1.54, 1.807) is 12.5 Å². The van der Waals surface area contributed by atoms with Gasteiger partial charge in [0.2, 0.25) is 0 Å². The van der Waals surface area contributed by atoms with Crippen LogP contribution in [-0.4, -0.2) is 0 Å². The van der Waals surface area contributed by atoms with Crippen LogP contribution in [0.1, 0.15) is 16.7 Å². The molecule has 0 saturated heterocycles. The Balaban J connectivity index is 2.07. The number of rotatable bonds is 3. The predicted molar refractivity (Wildman–Crippen MR) is 62.0 cm³/mol. The highest BCUT2D eigenvalue weighted by molar-refractivity contribution is 5.52. The summed E-state index contributed by atoms with van der Waals surface area (Å²) in [5.41, 5.74) is 4.89. The van der Waals surface area contributed by atoms with Crippen LogP contribution >= 0.6 is 0 Å². The Labute approximate surface area is 89.9 Å². The van der Waals surface area contributed by atoms with E-state index in [1.807, 2.05) is 6.07 Å². The largest absolute Gasteiger partial charge is 0.472 e. The summed E-state index contributed by atoms with van der Waals surface area (Å²) in [7, 11) is 0. The lowest BCUT2D eigenvalue weighted by Crippen LogP contribution is -2.00. The van der Waals surface area contributed by atoms with Crippen LogP contribution in [0, 0.1) is 13.8 Å². The lowest BCUT2D eigenvalue weighted by atomic mass is 10.1. The molecule has 0 radical (unpaired) electrons. The van der Waals surface area contributed by atoms with Crippen molar-refractivity contribution in [3.05, 3.63) is 53.5 Å². The van der Waals surface area contributed by atoms with Gasteiger partial charge in [-0.15, -0.1) is 0 Å². The normalized spacial score (nSPS) is 10.3. The first-order valence-corrected chi connectivity index (χ1v) is 5.08. The minimum Gasteiger partial charge on any atom is -0.472 e. The molecular weight excluding hydrogens is 186 g/mol. The number of aryl methyl sites for hydroxylation is 2. The van der Waals surface area contributed by atoms with Crippen molar-refractivity contribution in [2.75, 3.05) is 5.32 Å². The van der Waals surface area contributed by atoms with Crippen LogP contribution in [0.15, 0.2) is 41.2 Å². The minimum absolute atomic E-state index is 0.806. The molecule has 1 aromatic heterocycles. The molecular formula is C13H15NO. The summed E-state index contributed by atoms with van der Waals surface area (Å²) in [6.07, 6.45) is 3.46. The maximum Gasteiger partial charge on any atom is 0.0952 e. The number of hydrogen-bond donors (Lipinski definition) is 1. The van der Waals surface area contributed by atoms with Crippen molar-refractivity contribution >= 4 is 5.69 Å². The molecule has 0 amide bonds. The Morgan fingerprint density at radius 1 is 1.20 bits per heavy atom. The van der Waals surface area contributed by atoms with Crippen LogP contribution in [-0.2, 0) is 6.54 Å². The van der Waals surface area contributed by atoms with Crippen LogP contribution in [0.3, 0.4) is 0 Å². The molecule has 2 aromatic rings. The third-order valence-corrected chi connectivity index (χ3v) is 2.46. The monoisotopic (exact) mass is 201 g/mol. The fraction of sp³-hybridized carbons (Fsp3) is 0.231. The second kappa shape index (κ2) is 4.22. The zero-order valence-electron chi connectivity index (χ0n) is 9.08. The first-order chi connectivity index (χ1) is 7.25. The van der Waals surface area contributed by atoms with Gasteiger partial charge in [-0.2, -0.15) is 0 Å². The summed E-state index contributed by atoms with van der Waals surface area (Å²) < 4.78 is 5.02. The number of hydrogen-bond acceptors (Lipinski definition) is 2. The Hall–Kier alpha value is -1.70. The number of anilines is 1. The molecule has 1 aromatic carbocycles. The third kappa shape index (κ3) is 2.40. The van der Waals surface area contributed by atoms with Crippen molar-refractivity contribution < 1.29 is 4.42 Å². The molecule has 0 spiro atoms. The first kappa shape index (κ1) is 9.84. The van der Waals surface area contributed by atoms with Gasteiger partial charge in [-0.1, -0.05) is 12.1 Å². The van der Waals surface area contributed by atoms with E-state index in [-0.39, 0.29) is 0 Å². The smallest absolute Gasteiger partial charge is 0.0952 e. The van der Waals surface area contributed by atoms with E-state index in [9.17, 15) is 0 Å². The van der Waals surface area contributed by atoms with E-state index in [2.05, 4.69) is 37.4 Å². The zero-order chi connectivity index (χ0) is 10.7. The molecule has 1 heterocycles. The topological polar surface area (TPSA) is 25.2 Å².